The Hall–Kier alpha value is -1.50. The average Bonchev–Trinajstić information content (AvgIpc) is 2.97. The molecule has 0 aromatic carbocycles. The minimum absolute atomic E-state index is 0.154. The molecular weight excluding hydrogens is 290 g/mol. The van der Waals surface area contributed by atoms with E-state index in [9.17, 15) is 9.59 Å². The van der Waals surface area contributed by atoms with Gasteiger partial charge in [-0.05, 0) is 31.4 Å². The number of carbonyl (C=O) groups is 2. The highest BCUT2D eigenvalue weighted by Gasteiger charge is 2.27. The summed E-state index contributed by atoms with van der Waals surface area (Å²) in [6.07, 6.45) is 3.85. The lowest BCUT2D eigenvalue weighted by Crippen LogP contribution is -2.38. The second-order valence-electron chi connectivity index (χ2n) is 5.05. The van der Waals surface area contributed by atoms with Gasteiger partial charge in [0, 0.05) is 25.1 Å². The molecule has 1 aliphatic rings. The number of amides is 1. The molecule has 0 bridgehead atoms. The van der Waals surface area contributed by atoms with E-state index in [1.165, 1.54) is 0 Å². The molecule has 0 aliphatic carbocycles. The Morgan fingerprint density at radius 3 is 2.81 bits per heavy atom. The first-order valence-corrected chi connectivity index (χ1v) is 7.89. The van der Waals surface area contributed by atoms with Crippen molar-refractivity contribution < 1.29 is 14.3 Å². The summed E-state index contributed by atoms with van der Waals surface area (Å²) in [4.78, 5) is 25.6. The van der Waals surface area contributed by atoms with E-state index in [1.54, 1.807) is 13.1 Å². The Balaban J connectivity index is 1.98. The van der Waals surface area contributed by atoms with Crippen molar-refractivity contribution in [3.8, 4) is 0 Å². The third kappa shape index (κ3) is 3.78. The van der Waals surface area contributed by atoms with E-state index in [2.05, 4.69) is 22.8 Å². The number of carbonyl (C=O) groups excluding carboxylic acids is 2. The molecule has 21 heavy (non-hydrogen) atoms. The van der Waals surface area contributed by atoms with E-state index < -0.39 is 0 Å². The van der Waals surface area contributed by atoms with E-state index >= 15 is 0 Å². The predicted octanol–water partition coefficient (Wildman–Crippen LogP) is 1.61. The lowest BCUT2D eigenvalue weighted by atomic mass is 9.89. The van der Waals surface area contributed by atoms with Crippen molar-refractivity contribution in [3.05, 3.63) is 17.5 Å². The molecule has 1 saturated heterocycles. The van der Waals surface area contributed by atoms with Gasteiger partial charge in [-0.15, -0.1) is 0 Å². The monoisotopic (exact) mass is 311 g/mol. The number of hydrogen-bond acceptors (Lipinski definition) is 5. The molecule has 0 saturated carbocycles. The van der Waals surface area contributed by atoms with Gasteiger partial charge < -0.3 is 9.64 Å². The van der Waals surface area contributed by atoms with Crippen LogP contribution in [0, 0.1) is 0 Å². The van der Waals surface area contributed by atoms with Crippen molar-refractivity contribution in [3.63, 3.8) is 0 Å². The maximum atomic E-state index is 11.9. The molecule has 2 rings (SSSR count). The van der Waals surface area contributed by atoms with Crippen LogP contribution >= 0.6 is 12.6 Å². The SMILES string of the molecule is CCOC(=O)c1[nH]ncc1C1CCN(C(=O)CCS)CC1. The number of hydrogen-bond donors (Lipinski definition) is 2. The van der Waals surface area contributed by atoms with Crippen molar-refractivity contribution in [2.75, 3.05) is 25.4 Å². The molecule has 0 spiro atoms. The Morgan fingerprint density at radius 2 is 2.19 bits per heavy atom. The number of esters is 1. The topological polar surface area (TPSA) is 75.3 Å². The van der Waals surface area contributed by atoms with E-state index in [-0.39, 0.29) is 17.8 Å². The molecule has 2 heterocycles. The first kappa shape index (κ1) is 15.9. The summed E-state index contributed by atoms with van der Waals surface area (Å²) in [5.41, 5.74) is 1.34. The Bertz CT molecular complexity index is 495. The lowest BCUT2D eigenvalue weighted by Gasteiger charge is -2.32. The molecule has 6 nitrogen and oxygen atoms in total. The van der Waals surface area contributed by atoms with Gasteiger partial charge in [-0.2, -0.15) is 17.7 Å². The molecule has 0 radical (unpaired) electrons. The van der Waals surface area contributed by atoms with Crippen molar-refractivity contribution >= 4 is 24.5 Å². The van der Waals surface area contributed by atoms with Crippen LogP contribution in [-0.2, 0) is 9.53 Å². The van der Waals surface area contributed by atoms with Gasteiger partial charge in [0.2, 0.25) is 5.91 Å². The third-order valence-electron chi connectivity index (χ3n) is 3.76. The van der Waals surface area contributed by atoms with Gasteiger partial charge in [0.05, 0.1) is 12.8 Å². The van der Waals surface area contributed by atoms with Gasteiger partial charge in [-0.3, -0.25) is 9.89 Å². The highest BCUT2D eigenvalue weighted by Crippen LogP contribution is 2.30. The standard InChI is InChI=1S/C14H21N3O3S/c1-2-20-14(19)13-11(9-15-16-13)10-3-6-17(7-4-10)12(18)5-8-21/h9-10,21H,2-8H2,1H3,(H,15,16). The summed E-state index contributed by atoms with van der Waals surface area (Å²) >= 11 is 4.09. The minimum Gasteiger partial charge on any atom is -0.461 e. The molecular formula is C14H21N3O3S. The molecule has 1 aromatic rings. The van der Waals surface area contributed by atoms with Gasteiger partial charge in [0.15, 0.2) is 0 Å². The predicted molar refractivity (Wildman–Crippen MR) is 81.6 cm³/mol. The fraction of sp³-hybridized carbons (Fsp3) is 0.643. The number of aromatic amines is 1. The van der Waals surface area contributed by atoms with Crippen LogP contribution in [0.1, 0.15) is 48.2 Å². The zero-order valence-electron chi connectivity index (χ0n) is 12.2. The minimum atomic E-state index is -0.362. The highest BCUT2D eigenvalue weighted by molar-refractivity contribution is 7.80. The van der Waals surface area contributed by atoms with Crippen LogP contribution < -0.4 is 0 Å². The number of thiol groups is 1. The Kier molecular flexibility index (Phi) is 5.67. The normalized spacial score (nSPS) is 16.0. The summed E-state index contributed by atoms with van der Waals surface area (Å²) in [5.74, 6) is 0.607. The lowest BCUT2D eigenvalue weighted by molar-refractivity contribution is -0.131. The van der Waals surface area contributed by atoms with Crippen molar-refractivity contribution in [1.29, 1.82) is 0 Å². The Labute approximate surface area is 129 Å². The van der Waals surface area contributed by atoms with Crippen LogP contribution in [0.2, 0.25) is 0 Å². The van der Waals surface area contributed by atoms with Crippen LogP contribution in [0.5, 0.6) is 0 Å². The van der Waals surface area contributed by atoms with Crippen LogP contribution in [0.15, 0.2) is 6.20 Å². The maximum absolute atomic E-state index is 11.9. The number of nitrogens with zero attached hydrogens (tertiary/aromatic N) is 2. The van der Waals surface area contributed by atoms with Crippen molar-refractivity contribution in [2.24, 2.45) is 0 Å². The molecule has 116 valence electrons. The third-order valence-corrected chi connectivity index (χ3v) is 3.98. The number of rotatable bonds is 5. The molecule has 1 amide bonds. The molecule has 1 fully saturated rings. The van der Waals surface area contributed by atoms with Gasteiger partial charge >= 0.3 is 5.97 Å². The van der Waals surface area contributed by atoms with Crippen LogP contribution in [0.3, 0.4) is 0 Å². The average molecular weight is 311 g/mol. The zero-order valence-corrected chi connectivity index (χ0v) is 13.1. The second kappa shape index (κ2) is 7.49. The number of likely N-dealkylation sites (tertiary alicyclic amines) is 1. The highest BCUT2D eigenvalue weighted by atomic mass is 32.1. The van der Waals surface area contributed by atoms with Gasteiger partial charge in [0.1, 0.15) is 5.69 Å². The molecule has 1 N–H and O–H groups in total. The summed E-state index contributed by atoms with van der Waals surface area (Å²) in [6, 6.07) is 0. The summed E-state index contributed by atoms with van der Waals surface area (Å²) in [5, 5.41) is 6.69. The largest absolute Gasteiger partial charge is 0.461 e. The number of aromatic nitrogens is 2. The molecule has 7 heteroatoms. The summed E-state index contributed by atoms with van der Waals surface area (Å²) < 4.78 is 5.03. The number of piperidine rings is 1. The van der Waals surface area contributed by atoms with E-state index in [4.69, 9.17) is 4.74 Å². The smallest absolute Gasteiger partial charge is 0.356 e. The first-order valence-electron chi connectivity index (χ1n) is 7.26. The van der Waals surface area contributed by atoms with Crippen LogP contribution in [-0.4, -0.2) is 52.4 Å². The van der Waals surface area contributed by atoms with Crippen LogP contribution in [0.4, 0.5) is 0 Å². The van der Waals surface area contributed by atoms with E-state index in [1.807, 2.05) is 4.90 Å². The fourth-order valence-electron chi connectivity index (χ4n) is 2.67. The quantitative estimate of drug-likeness (QED) is 0.640. The van der Waals surface area contributed by atoms with Gasteiger partial charge in [-0.1, -0.05) is 0 Å². The van der Waals surface area contributed by atoms with Crippen molar-refractivity contribution in [1.82, 2.24) is 15.1 Å². The molecule has 1 aliphatic heterocycles. The van der Waals surface area contributed by atoms with E-state index in [0.717, 1.165) is 18.4 Å². The Morgan fingerprint density at radius 1 is 1.48 bits per heavy atom. The number of H-pyrrole nitrogens is 1. The zero-order chi connectivity index (χ0) is 15.2. The second-order valence-corrected chi connectivity index (χ2v) is 5.50. The molecule has 0 unspecified atom stereocenters. The number of ether oxygens (including phenoxy) is 1. The molecule has 1 aromatic heterocycles. The number of nitrogens with one attached hydrogen (secondary N) is 1. The maximum Gasteiger partial charge on any atom is 0.356 e. The van der Waals surface area contributed by atoms with E-state index in [0.29, 0.717) is 37.6 Å². The fourth-order valence-corrected chi connectivity index (χ4v) is 2.86. The van der Waals surface area contributed by atoms with Crippen LogP contribution in [0.25, 0.3) is 0 Å². The summed E-state index contributed by atoms with van der Waals surface area (Å²) in [7, 11) is 0. The van der Waals surface area contributed by atoms with Crippen molar-refractivity contribution in [2.45, 2.75) is 32.1 Å². The summed E-state index contributed by atoms with van der Waals surface area (Å²) in [6.45, 7) is 3.54. The first-order chi connectivity index (χ1) is 10.2. The van der Waals surface area contributed by atoms with Gasteiger partial charge in [0.25, 0.3) is 0 Å². The van der Waals surface area contributed by atoms with Gasteiger partial charge in [-0.25, -0.2) is 4.79 Å². The molecule has 0 atom stereocenters.